The van der Waals surface area contributed by atoms with Crippen LogP contribution < -0.4 is 5.73 Å². The molecule has 5 nitrogen and oxygen atoms in total. The third-order valence-corrected chi connectivity index (χ3v) is 3.72. The molecule has 0 saturated carbocycles. The minimum Gasteiger partial charge on any atom is -0.338 e. The second kappa shape index (κ2) is 5.04. The molecule has 0 spiro atoms. The fraction of sp³-hybridized carbons (Fsp3) is 0.833. The molecule has 17 heavy (non-hydrogen) atoms. The van der Waals surface area contributed by atoms with Gasteiger partial charge in [-0.15, -0.1) is 0 Å². The number of piperazine rings is 1. The van der Waals surface area contributed by atoms with E-state index in [0.29, 0.717) is 26.1 Å². The molecule has 2 aliphatic rings. The quantitative estimate of drug-likeness (QED) is 0.750. The monoisotopic (exact) mass is 239 g/mol. The molecule has 0 aromatic carbocycles. The topological polar surface area (TPSA) is 66.6 Å². The third kappa shape index (κ3) is 2.44. The van der Waals surface area contributed by atoms with Crippen molar-refractivity contribution >= 4 is 11.8 Å². The number of nitrogens with zero attached hydrogens (tertiary/aromatic N) is 2. The molecule has 0 radical (unpaired) electrons. The van der Waals surface area contributed by atoms with Gasteiger partial charge in [0.25, 0.3) is 0 Å². The molecule has 0 aromatic rings. The number of hydrogen-bond acceptors (Lipinski definition) is 3. The van der Waals surface area contributed by atoms with Crippen LogP contribution in [0.3, 0.4) is 0 Å². The highest BCUT2D eigenvalue weighted by Gasteiger charge is 2.37. The standard InChI is InChI=1S/C12H21N3O2/c1-2-3-10(13)12(17)14-6-7-15-9(8-14)4-5-11(15)16/h9-10H,2-8,13H2,1H3/t9?,10-/m1/s1. The van der Waals surface area contributed by atoms with Crippen LogP contribution in [0, 0.1) is 0 Å². The molecular formula is C12H21N3O2. The SMILES string of the molecule is CCC[C@@H](N)C(=O)N1CCN2C(=O)CCC2C1. The van der Waals surface area contributed by atoms with Gasteiger partial charge in [0, 0.05) is 32.1 Å². The fourth-order valence-electron chi connectivity index (χ4n) is 2.73. The summed E-state index contributed by atoms with van der Waals surface area (Å²) in [6.07, 6.45) is 3.18. The van der Waals surface area contributed by atoms with Crippen LogP contribution >= 0.6 is 0 Å². The molecule has 96 valence electrons. The van der Waals surface area contributed by atoms with Gasteiger partial charge < -0.3 is 15.5 Å². The lowest BCUT2D eigenvalue weighted by molar-refractivity contribution is -0.140. The van der Waals surface area contributed by atoms with Crippen molar-refractivity contribution in [2.75, 3.05) is 19.6 Å². The maximum absolute atomic E-state index is 12.1. The van der Waals surface area contributed by atoms with Gasteiger partial charge in [-0.1, -0.05) is 13.3 Å². The van der Waals surface area contributed by atoms with Gasteiger partial charge >= 0.3 is 0 Å². The van der Waals surface area contributed by atoms with Crippen LogP contribution in [0.5, 0.6) is 0 Å². The molecule has 2 rings (SSSR count). The molecule has 2 N–H and O–H groups in total. The summed E-state index contributed by atoms with van der Waals surface area (Å²) in [6.45, 7) is 4.01. The van der Waals surface area contributed by atoms with Gasteiger partial charge in [-0.3, -0.25) is 9.59 Å². The summed E-state index contributed by atoms with van der Waals surface area (Å²) >= 11 is 0. The molecule has 1 unspecified atom stereocenters. The van der Waals surface area contributed by atoms with E-state index in [0.717, 1.165) is 19.3 Å². The van der Waals surface area contributed by atoms with Crippen LogP contribution in [0.2, 0.25) is 0 Å². The van der Waals surface area contributed by atoms with E-state index in [1.807, 2.05) is 16.7 Å². The number of rotatable bonds is 3. The highest BCUT2D eigenvalue weighted by atomic mass is 16.2. The highest BCUT2D eigenvalue weighted by Crippen LogP contribution is 2.23. The zero-order valence-corrected chi connectivity index (χ0v) is 10.4. The third-order valence-electron chi connectivity index (χ3n) is 3.72. The van der Waals surface area contributed by atoms with Gasteiger partial charge in [0.15, 0.2) is 0 Å². The van der Waals surface area contributed by atoms with E-state index < -0.39 is 0 Å². The summed E-state index contributed by atoms with van der Waals surface area (Å²) < 4.78 is 0. The molecule has 2 atom stereocenters. The molecule has 2 fully saturated rings. The maximum atomic E-state index is 12.1. The summed E-state index contributed by atoms with van der Waals surface area (Å²) in [5.41, 5.74) is 5.85. The van der Waals surface area contributed by atoms with Gasteiger partial charge in [0.2, 0.25) is 11.8 Å². The summed E-state index contributed by atoms with van der Waals surface area (Å²) in [5, 5.41) is 0. The molecule has 0 aromatic heterocycles. The number of fused-ring (bicyclic) bond motifs is 1. The van der Waals surface area contributed by atoms with Crippen molar-refractivity contribution in [2.45, 2.75) is 44.7 Å². The lowest BCUT2D eigenvalue weighted by Gasteiger charge is -2.38. The summed E-state index contributed by atoms with van der Waals surface area (Å²) in [7, 11) is 0. The first-order chi connectivity index (χ1) is 8.13. The highest BCUT2D eigenvalue weighted by molar-refractivity contribution is 5.83. The van der Waals surface area contributed by atoms with Crippen molar-refractivity contribution in [3.05, 3.63) is 0 Å². The fourth-order valence-corrected chi connectivity index (χ4v) is 2.73. The smallest absolute Gasteiger partial charge is 0.239 e. The molecule has 2 aliphatic heterocycles. The Balaban J connectivity index is 1.92. The molecule has 0 aliphatic carbocycles. The van der Waals surface area contributed by atoms with Crippen molar-refractivity contribution in [3.8, 4) is 0 Å². The number of carbonyl (C=O) groups is 2. The van der Waals surface area contributed by atoms with Crippen molar-refractivity contribution in [1.82, 2.24) is 9.80 Å². The van der Waals surface area contributed by atoms with Crippen LogP contribution in [0.25, 0.3) is 0 Å². The van der Waals surface area contributed by atoms with Gasteiger partial charge in [0.1, 0.15) is 0 Å². The molecule has 5 heteroatoms. The Morgan fingerprint density at radius 1 is 1.53 bits per heavy atom. The first kappa shape index (κ1) is 12.4. The Hall–Kier alpha value is -1.10. The maximum Gasteiger partial charge on any atom is 0.239 e. The van der Waals surface area contributed by atoms with Crippen LogP contribution in [-0.4, -0.2) is 53.3 Å². The molecule has 2 heterocycles. The molecule has 2 amide bonds. The van der Waals surface area contributed by atoms with E-state index in [1.165, 1.54) is 0 Å². The predicted octanol–water partition coefficient (Wildman–Crippen LogP) is -0.0530. The van der Waals surface area contributed by atoms with Crippen LogP contribution in [-0.2, 0) is 9.59 Å². The van der Waals surface area contributed by atoms with Crippen molar-refractivity contribution in [1.29, 1.82) is 0 Å². The number of hydrogen-bond donors (Lipinski definition) is 1. The molecule has 0 bridgehead atoms. The normalized spacial score (nSPS) is 26.0. The van der Waals surface area contributed by atoms with Gasteiger partial charge in [-0.2, -0.15) is 0 Å². The van der Waals surface area contributed by atoms with E-state index in [4.69, 9.17) is 5.73 Å². The second-order valence-corrected chi connectivity index (χ2v) is 4.96. The van der Waals surface area contributed by atoms with Crippen LogP contribution in [0.1, 0.15) is 32.6 Å². The largest absolute Gasteiger partial charge is 0.338 e. The Morgan fingerprint density at radius 3 is 3.00 bits per heavy atom. The average Bonchev–Trinajstić information content (AvgIpc) is 2.70. The van der Waals surface area contributed by atoms with Crippen molar-refractivity contribution in [2.24, 2.45) is 5.73 Å². The molecular weight excluding hydrogens is 218 g/mol. The van der Waals surface area contributed by atoms with E-state index in [-0.39, 0.29) is 23.9 Å². The Bertz CT molecular complexity index is 319. The zero-order chi connectivity index (χ0) is 12.4. The summed E-state index contributed by atoms with van der Waals surface area (Å²) in [5.74, 6) is 0.283. The van der Waals surface area contributed by atoms with E-state index >= 15 is 0 Å². The van der Waals surface area contributed by atoms with E-state index in [1.54, 1.807) is 0 Å². The lowest BCUT2D eigenvalue weighted by Crippen LogP contribution is -2.56. The Morgan fingerprint density at radius 2 is 2.29 bits per heavy atom. The first-order valence-electron chi connectivity index (χ1n) is 6.47. The minimum absolute atomic E-state index is 0.0471. The van der Waals surface area contributed by atoms with E-state index in [2.05, 4.69) is 0 Å². The Kier molecular flexibility index (Phi) is 3.66. The lowest BCUT2D eigenvalue weighted by atomic mass is 10.1. The zero-order valence-electron chi connectivity index (χ0n) is 10.4. The van der Waals surface area contributed by atoms with Crippen molar-refractivity contribution in [3.63, 3.8) is 0 Å². The van der Waals surface area contributed by atoms with Crippen LogP contribution in [0.15, 0.2) is 0 Å². The number of nitrogens with two attached hydrogens (primary N) is 1. The van der Waals surface area contributed by atoms with Gasteiger partial charge in [-0.05, 0) is 12.8 Å². The summed E-state index contributed by atoms with van der Waals surface area (Å²) in [6, 6.07) is -0.141. The minimum atomic E-state index is -0.372. The number of amides is 2. The van der Waals surface area contributed by atoms with Gasteiger partial charge in [-0.25, -0.2) is 0 Å². The van der Waals surface area contributed by atoms with E-state index in [9.17, 15) is 9.59 Å². The Labute approximate surface area is 102 Å². The van der Waals surface area contributed by atoms with Gasteiger partial charge in [0.05, 0.1) is 6.04 Å². The number of carbonyl (C=O) groups excluding carboxylic acids is 2. The summed E-state index contributed by atoms with van der Waals surface area (Å²) in [4.78, 5) is 27.3. The second-order valence-electron chi connectivity index (χ2n) is 4.96. The predicted molar refractivity (Wildman–Crippen MR) is 64.2 cm³/mol. The van der Waals surface area contributed by atoms with Crippen molar-refractivity contribution < 1.29 is 9.59 Å². The van der Waals surface area contributed by atoms with Crippen LogP contribution in [0.4, 0.5) is 0 Å². The molecule has 2 saturated heterocycles. The first-order valence-corrected chi connectivity index (χ1v) is 6.47. The average molecular weight is 239 g/mol.